The van der Waals surface area contributed by atoms with E-state index in [2.05, 4.69) is 53.6 Å². The Balaban J connectivity index is 1.81. The molecule has 0 bridgehead atoms. The van der Waals surface area contributed by atoms with E-state index in [4.69, 9.17) is 0 Å². The first kappa shape index (κ1) is 13.4. The maximum absolute atomic E-state index is 4.17. The van der Waals surface area contributed by atoms with Crippen molar-refractivity contribution < 1.29 is 0 Å². The topological polar surface area (TPSA) is 37.8 Å². The molecule has 1 aromatic carbocycles. The first-order chi connectivity index (χ1) is 8.78. The van der Waals surface area contributed by atoms with Gasteiger partial charge in [-0.3, -0.25) is 0 Å². The van der Waals surface area contributed by atoms with Gasteiger partial charge >= 0.3 is 0 Å². The Labute approximate surface area is 116 Å². The lowest BCUT2D eigenvalue weighted by molar-refractivity contribution is 1.03. The summed E-state index contributed by atoms with van der Waals surface area (Å²) in [5.74, 6) is 1.95. The second-order valence-electron chi connectivity index (χ2n) is 4.01. The van der Waals surface area contributed by atoms with Gasteiger partial charge in [0.2, 0.25) is 5.13 Å². The van der Waals surface area contributed by atoms with E-state index in [-0.39, 0.29) is 0 Å². The third-order valence-electron chi connectivity index (χ3n) is 2.37. The zero-order valence-electron chi connectivity index (χ0n) is 10.6. The van der Waals surface area contributed by atoms with Crippen molar-refractivity contribution in [2.24, 2.45) is 0 Å². The van der Waals surface area contributed by atoms with Crippen LogP contribution in [0.25, 0.3) is 0 Å². The van der Waals surface area contributed by atoms with E-state index < -0.39 is 0 Å². The molecule has 0 unspecified atom stereocenters. The number of aromatic nitrogens is 2. The Morgan fingerprint density at radius 3 is 2.94 bits per heavy atom. The number of nitrogens with one attached hydrogen (secondary N) is 1. The molecule has 0 aliphatic carbocycles. The summed E-state index contributed by atoms with van der Waals surface area (Å²) in [4.78, 5) is 0. The summed E-state index contributed by atoms with van der Waals surface area (Å²) >= 11 is 3.52. The molecule has 2 aromatic rings. The maximum atomic E-state index is 4.17. The van der Waals surface area contributed by atoms with E-state index in [0.717, 1.165) is 28.2 Å². The van der Waals surface area contributed by atoms with E-state index in [1.165, 1.54) is 11.1 Å². The molecule has 18 heavy (non-hydrogen) atoms. The van der Waals surface area contributed by atoms with Crippen molar-refractivity contribution in [3.05, 3.63) is 40.4 Å². The number of benzene rings is 1. The number of aryl methyl sites for hydroxylation is 1. The minimum atomic E-state index is 0.894. The van der Waals surface area contributed by atoms with Crippen LogP contribution < -0.4 is 5.32 Å². The van der Waals surface area contributed by atoms with Gasteiger partial charge in [-0.2, -0.15) is 0 Å². The van der Waals surface area contributed by atoms with E-state index in [1.54, 1.807) is 11.3 Å². The predicted octanol–water partition coefficient (Wildman–Crippen LogP) is 3.71. The van der Waals surface area contributed by atoms with Gasteiger partial charge in [0, 0.05) is 18.1 Å². The van der Waals surface area contributed by atoms with Gasteiger partial charge in [-0.25, -0.2) is 0 Å². The SMILES string of the molecule is CCNc1nnc(CSCc2cccc(C)c2)s1. The third kappa shape index (κ3) is 3.99. The molecule has 0 atom stereocenters. The largest absolute Gasteiger partial charge is 0.360 e. The maximum Gasteiger partial charge on any atom is 0.205 e. The smallest absolute Gasteiger partial charge is 0.205 e. The summed E-state index contributed by atoms with van der Waals surface area (Å²) in [5.41, 5.74) is 2.69. The summed E-state index contributed by atoms with van der Waals surface area (Å²) in [6.45, 7) is 5.08. The van der Waals surface area contributed by atoms with Crippen LogP contribution in [0.5, 0.6) is 0 Å². The highest BCUT2D eigenvalue weighted by Crippen LogP contribution is 2.22. The van der Waals surface area contributed by atoms with Crippen LogP contribution in [0.15, 0.2) is 24.3 Å². The van der Waals surface area contributed by atoms with Crippen molar-refractivity contribution in [3.8, 4) is 0 Å². The lowest BCUT2D eigenvalue weighted by atomic mass is 10.2. The predicted molar refractivity (Wildman–Crippen MR) is 80.3 cm³/mol. The van der Waals surface area contributed by atoms with Crippen LogP contribution in [0.2, 0.25) is 0 Å². The van der Waals surface area contributed by atoms with Crippen LogP contribution in [0, 0.1) is 6.92 Å². The van der Waals surface area contributed by atoms with Crippen molar-refractivity contribution in [1.82, 2.24) is 10.2 Å². The Morgan fingerprint density at radius 2 is 2.17 bits per heavy atom. The number of nitrogens with zero attached hydrogens (tertiary/aromatic N) is 2. The summed E-state index contributed by atoms with van der Waals surface area (Å²) in [5, 5.41) is 13.4. The fourth-order valence-corrected chi connectivity index (χ4v) is 3.43. The Hall–Kier alpha value is -1.07. The van der Waals surface area contributed by atoms with Gasteiger partial charge in [0.25, 0.3) is 0 Å². The van der Waals surface area contributed by atoms with E-state index >= 15 is 0 Å². The van der Waals surface area contributed by atoms with Crippen LogP contribution in [0.1, 0.15) is 23.1 Å². The Kier molecular flexibility index (Phi) is 5.01. The number of hydrogen-bond donors (Lipinski definition) is 1. The van der Waals surface area contributed by atoms with E-state index in [9.17, 15) is 0 Å². The molecule has 3 nitrogen and oxygen atoms in total. The van der Waals surface area contributed by atoms with Gasteiger partial charge in [0.05, 0.1) is 0 Å². The third-order valence-corrected chi connectivity index (χ3v) is 4.45. The van der Waals surface area contributed by atoms with Crippen LogP contribution in [-0.4, -0.2) is 16.7 Å². The van der Waals surface area contributed by atoms with E-state index in [0.29, 0.717) is 0 Å². The van der Waals surface area contributed by atoms with E-state index in [1.807, 2.05) is 11.8 Å². The second kappa shape index (κ2) is 6.75. The summed E-state index contributed by atoms with van der Waals surface area (Å²) in [6.07, 6.45) is 0. The molecule has 0 saturated heterocycles. The van der Waals surface area contributed by atoms with Crippen LogP contribution in [-0.2, 0) is 11.5 Å². The summed E-state index contributed by atoms with van der Waals surface area (Å²) < 4.78 is 0. The van der Waals surface area contributed by atoms with Gasteiger partial charge in [0.1, 0.15) is 5.01 Å². The zero-order valence-corrected chi connectivity index (χ0v) is 12.3. The molecule has 0 fully saturated rings. The fraction of sp³-hybridized carbons (Fsp3) is 0.385. The van der Waals surface area contributed by atoms with Gasteiger partial charge in [-0.1, -0.05) is 41.2 Å². The van der Waals surface area contributed by atoms with Gasteiger partial charge in [-0.15, -0.1) is 22.0 Å². The Bertz CT molecular complexity index is 496. The van der Waals surface area contributed by atoms with Crippen molar-refractivity contribution in [3.63, 3.8) is 0 Å². The molecule has 0 saturated carbocycles. The number of thioether (sulfide) groups is 1. The molecule has 0 aliphatic heterocycles. The number of hydrogen-bond acceptors (Lipinski definition) is 5. The van der Waals surface area contributed by atoms with Crippen LogP contribution in [0.3, 0.4) is 0 Å². The Morgan fingerprint density at radius 1 is 1.28 bits per heavy atom. The summed E-state index contributed by atoms with van der Waals surface area (Å²) in [6, 6.07) is 8.64. The molecule has 1 aromatic heterocycles. The fourth-order valence-electron chi connectivity index (χ4n) is 1.59. The minimum Gasteiger partial charge on any atom is -0.360 e. The van der Waals surface area contributed by atoms with Crippen LogP contribution in [0.4, 0.5) is 5.13 Å². The highest BCUT2D eigenvalue weighted by atomic mass is 32.2. The molecule has 0 aliphatic rings. The van der Waals surface area contributed by atoms with Crippen molar-refractivity contribution in [2.75, 3.05) is 11.9 Å². The normalized spacial score (nSPS) is 10.6. The molecule has 0 radical (unpaired) electrons. The van der Waals surface area contributed by atoms with Crippen LogP contribution >= 0.6 is 23.1 Å². The van der Waals surface area contributed by atoms with Crippen molar-refractivity contribution in [1.29, 1.82) is 0 Å². The molecule has 0 spiro atoms. The van der Waals surface area contributed by atoms with Gasteiger partial charge in [0.15, 0.2) is 0 Å². The molecule has 1 N–H and O–H groups in total. The average molecular weight is 279 g/mol. The molecule has 5 heteroatoms. The second-order valence-corrected chi connectivity index (χ2v) is 6.06. The highest BCUT2D eigenvalue weighted by Gasteiger charge is 2.03. The quantitative estimate of drug-likeness (QED) is 0.874. The molecular formula is C13H17N3S2. The highest BCUT2D eigenvalue weighted by molar-refractivity contribution is 7.97. The molecular weight excluding hydrogens is 262 g/mol. The lowest BCUT2D eigenvalue weighted by Gasteiger charge is -2.01. The first-order valence-electron chi connectivity index (χ1n) is 5.97. The van der Waals surface area contributed by atoms with Crippen molar-refractivity contribution in [2.45, 2.75) is 25.4 Å². The number of rotatable bonds is 6. The molecule has 2 rings (SSSR count). The zero-order chi connectivity index (χ0) is 12.8. The molecule has 96 valence electrons. The summed E-state index contributed by atoms with van der Waals surface area (Å²) in [7, 11) is 0. The molecule has 0 amide bonds. The average Bonchev–Trinajstić information content (AvgIpc) is 2.78. The van der Waals surface area contributed by atoms with Crippen molar-refractivity contribution >= 4 is 28.2 Å². The monoisotopic (exact) mass is 279 g/mol. The van der Waals surface area contributed by atoms with Gasteiger partial charge in [-0.05, 0) is 19.4 Å². The standard InChI is InChI=1S/C13H17N3S2/c1-3-14-13-16-15-12(18-13)9-17-8-11-6-4-5-10(2)7-11/h4-7H,3,8-9H2,1-2H3,(H,14,16). The molecule has 1 heterocycles. The lowest BCUT2D eigenvalue weighted by Crippen LogP contribution is -1.94. The first-order valence-corrected chi connectivity index (χ1v) is 7.94. The minimum absolute atomic E-state index is 0.894. The number of anilines is 1. The van der Waals surface area contributed by atoms with Gasteiger partial charge < -0.3 is 5.32 Å².